The van der Waals surface area contributed by atoms with Crippen LogP contribution in [0.15, 0.2) is 24.3 Å². The SMILES string of the molecule is CNC(c1ccccc1C)C1CSCCO1. The Morgan fingerprint density at radius 2 is 2.25 bits per heavy atom. The van der Waals surface area contributed by atoms with Crippen LogP contribution in [0, 0.1) is 6.92 Å². The van der Waals surface area contributed by atoms with Crippen molar-refractivity contribution in [1.82, 2.24) is 5.32 Å². The van der Waals surface area contributed by atoms with Crippen molar-refractivity contribution < 1.29 is 4.74 Å². The second-order valence-corrected chi connectivity index (χ2v) is 5.26. The minimum absolute atomic E-state index is 0.296. The lowest BCUT2D eigenvalue weighted by Crippen LogP contribution is -2.36. The van der Waals surface area contributed by atoms with Gasteiger partial charge in [-0.1, -0.05) is 24.3 Å². The molecule has 1 saturated heterocycles. The molecule has 2 atom stereocenters. The summed E-state index contributed by atoms with van der Waals surface area (Å²) in [4.78, 5) is 0. The summed E-state index contributed by atoms with van der Waals surface area (Å²) in [6, 6.07) is 8.86. The Hall–Kier alpha value is -0.510. The van der Waals surface area contributed by atoms with Gasteiger partial charge in [-0.3, -0.25) is 0 Å². The number of ether oxygens (including phenoxy) is 1. The predicted molar refractivity (Wildman–Crippen MR) is 70.0 cm³/mol. The van der Waals surface area contributed by atoms with Gasteiger partial charge in [0.05, 0.1) is 18.8 Å². The molecule has 0 saturated carbocycles. The van der Waals surface area contributed by atoms with E-state index in [0.717, 1.165) is 18.1 Å². The third-order valence-corrected chi connectivity index (χ3v) is 4.07. The fourth-order valence-electron chi connectivity index (χ4n) is 2.18. The molecule has 1 heterocycles. The Morgan fingerprint density at radius 3 is 2.88 bits per heavy atom. The van der Waals surface area contributed by atoms with E-state index in [1.54, 1.807) is 0 Å². The second-order valence-electron chi connectivity index (χ2n) is 4.11. The minimum Gasteiger partial charge on any atom is -0.375 e. The zero-order valence-corrected chi connectivity index (χ0v) is 10.7. The summed E-state index contributed by atoms with van der Waals surface area (Å²) in [7, 11) is 2.01. The van der Waals surface area contributed by atoms with E-state index in [-0.39, 0.29) is 0 Å². The molecule has 0 spiro atoms. The summed E-state index contributed by atoms with van der Waals surface area (Å²) in [5, 5.41) is 3.39. The average molecular weight is 237 g/mol. The quantitative estimate of drug-likeness (QED) is 0.872. The van der Waals surface area contributed by atoms with Crippen LogP contribution in [0.5, 0.6) is 0 Å². The van der Waals surface area contributed by atoms with E-state index < -0.39 is 0 Å². The molecule has 2 rings (SSSR count). The van der Waals surface area contributed by atoms with Crippen LogP contribution < -0.4 is 5.32 Å². The van der Waals surface area contributed by atoms with E-state index in [2.05, 4.69) is 36.5 Å². The number of rotatable bonds is 3. The number of hydrogen-bond donors (Lipinski definition) is 1. The monoisotopic (exact) mass is 237 g/mol. The summed E-state index contributed by atoms with van der Waals surface area (Å²) in [6.45, 7) is 3.04. The molecule has 1 fully saturated rings. The van der Waals surface area contributed by atoms with Gasteiger partial charge in [-0.15, -0.1) is 0 Å². The molecule has 16 heavy (non-hydrogen) atoms. The Morgan fingerprint density at radius 1 is 1.44 bits per heavy atom. The molecule has 2 nitrogen and oxygen atoms in total. The first-order valence-corrected chi connectivity index (χ1v) is 6.90. The molecule has 88 valence electrons. The van der Waals surface area contributed by atoms with Crippen LogP contribution in [0.4, 0.5) is 0 Å². The number of thioether (sulfide) groups is 1. The first-order chi connectivity index (χ1) is 7.83. The van der Waals surface area contributed by atoms with Crippen molar-refractivity contribution in [2.75, 3.05) is 25.2 Å². The van der Waals surface area contributed by atoms with Crippen LogP contribution in [0.3, 0.4) is 0 Å². The number of aryl methyl sites for hydroxylation is 1. The van der Waals surface area contributed by atoms with Crippen LogP contribution >= 0.6 is 11.8 Å². The molecule has 1 aromatic rings. The van der Waals surface area contributed by atoms with Crippen molar-refractivity contribution >= 4 is 11.8 Å². The highest BCUT2D eigenvalue weighted by molar-refractivity contribution is 7.99. The van der Waals surface area contributed by atoms with E-state index >= 15 is 0 Å². The van der Waals surface area contributed by atoms with Crippen molar-refractivity contribution in [1.29, 1.82) is 0 Å². The van der Waals surface area contributed by atoms with E-state index in [1.165, 1.54) is 11.1 Å². The molecular weight excluding hydrogens is 218 g/mol. The Labute approximate surface area is 102 Å². The molecule has 3 heteroatoms. The number of benzene rings is 1. The topological polar surface area (TPSA) is 21.3 Å². The highest BCUT2D eigenvalue weighted by atomic mass is 32.2. The van der Waals surface area contributed by atoms with Crippen molar-refractivity contribution in [2.45, 2.75) is 19.1 Å². The Kier molecular flexibility index (Phi) is 4.27. The second kappa shape index (κ2) is 5.71. The highest BCUT2D eigenvalue weighted by Crippen LogP contribution is 2.27. The smallest absolute Gasteiger partial charge is 0.0860 e. The third-order valence-electron chi connectivity index (χ3n) is 3.05. The first kappa shape index (κ1) is 12.0. The van der Waals surface area contributed by atoms with Gasteiger partial charge in [0.1, 0.15) is 0 Å². The molecule has 0 radical (unpaired) electrons. The van der Waals surface area contributed by atoms with Gasteiger partial charge in [0.25, 0.3) is 0 Å². The van der Waals surface area contributed by atoms with Crippen LogP contribution in [0.25, 0.3) is 0 Å². The molecular formula is C13H19NOS. The zero-order valence-electron chi connectivity index (χ0n) is 9.90. The summed E-state index contributed by atoms with van der Waals surface area (Å²) in [6.07, 6.45) is 0.296. The van der Waals surface area contributed by atoms with Gasteiger partial charge in [-0.2, -0.15) is 11.8 Å². The summed E-state index contributed by atoms with van der Waals surface area (Å²) < 4.78 is 5.86. The number of hydrogen-bond acceptors (Lipinski definition) is 3. The number of likely N-dealkylation sites (N-methyl/N-ethyl adjacent to an activating group) is 1. The minimum atomic E-state index is 0.296. The molecule has 0 bridgehead atoms. The van der Waals surface area contributed by atoms with Crippen molar-refractivity contribution in [3.63, 3.8) is 0 Å². The fourth-order valence-corrected chi connectivity index (χ4v) is 3.08. The van der Waals surface area contributed by atoms with Gasteiger partial charge >= 0.3 is 0 Å². The molecule has 0 aromatic heterocycles. The van der Waals surface area contributed by atoms with Gasteiger partial charge in [0.2, 0.25) is 0 Å². The molecule has 2 unspecified atom stereocenters. The van der Waals surface area contributed by atoms with E-state index in [9.17, 15) is 0 Å². The maximum Gasteiger partial charge on any atom is 0.0860 e. The van der Waals surface area contributed by atoms with Gasteiger partial charge in [0.15, 0.2) is 0 Å². The van der Waals surface area contributed by atoms with Gasteiger partial charge in [-0.05, 0) is 25.1 Å². The molecule has 0 aliphatic carbocycles. The van der Waals surface area contributed by atoms with Crippen molar-refractivity contribution in [2.24, 2.45) is 0 Å². The molecule has 1 aliphatic heterocycles. The highest BCUT2D eigenvalue weighted by Gasteiger charge is 2.25. The third kappa shape index (κ3) is 2.59. The van der Waals surface area contributed by atoms with Crippen LogP contribution in [0.2, 0.25) is 0 Å². The van der Waals surface area contributed by atoms with Gasteiger partial charge in [0, 0.05) is 11.5 Å². The van der Waals surface area contributed by atoms with Crippen LogP contribution in [0.1, 0.15) is 17.2 Å². The standard InChI is InChI=1S/C13H19NOS/c1-10-5-3-4-6-11(10)13(14-2)12-9-16-8-7-15-12/h3-6,12-14H,7-9H2,1-2H3. The maximum atomic E-state index is 5.86. The number of nitrogens with one attached hydrogen (secondary N) is 1. The fraction of sp³-hybridized carbons (Fsp3) is 0.538. The van der Waals surface area contributed by atoms with E-state index in [1.807, 2.05) is 18.8 Å². The maximum absolute atomic E-state index is 5.86. The molecule has 1 aromatic carbocycles. The average Bonchev–Trinajstić information content (AvgIpc) is 2.34. The van der Waals surface area contributed by atoms with Crippen molar-refractivity contribution in [3.8, 4) is 0 Å². The summed E-state index contributed by atoms with van der Waals surface area (Å²) >= 11 is 1.98. The molecule has 0 amide bonds. The van der Waals surface area contributed by atoms with Gasteiger partial charge in [-0.25, -0.2) is 0 Å². The Balaban J connectivity index is 2.18. The van der Waals surface area contributed by atoms with Crippen LogP contribution in [-0.4, -0.2) is 31.3 Å². The van der Waals surface area contributed by atoms with Crippen molar-refractivity contribution in [3.05, 3.63) is 35.4 Å². The summed E-state index contributed by atoms with van der Waals surface area (Å²) in [5.41, 5.74) is 2.69. The lowest BCUT2D eigenvalue weighted by molar-refractivity contribution is 0.0487. The summed E-state index contributed by atoms with van der Waals surface area (Å²) in [5.74, 6) is 2.21. The molecule has 1 N–H and O–H groups in total. The van der Waals surface area contributed by atoms with Gasteiger partial charge < -0.3 is 10.1 Å². The van der Waals surface area contributed by atoms with E-state index in [0.29, 0.717) is 12.1 Å². The van der Waals surface area contributed by atoms with Crippen LogP contribution in [-0.2, 0) is 4.74 Å². The Bertz CT molecular complexity index is 336. The normalized spacial score (nSPS) is 23.0. The van der Waals surface area contributed by atoms with E-state index in [4.69, 9.17) is 4.74 Å². The zero-order chi connectivity index (χ0) is 11.4. The largest absolute Gasteiger partial charge is 0.375 e. The lowest BCUT2D eigenvalue weighted by atomic mass is 9.97. The first-order valence-electron chi connectivity index (χ1n) is 5.75. The predicted octanol–water partition coefficient (Wildman–Crippen LogP) is 2.39. The lowest BCUT2D eigenvalue weighted by Gasteiger charge is -2.31. The molecule has 1 aliphatic rings.